The predicted octanol–water partition coefficient (Wildman–Crippen LogP) is 2.66. The topological polar surface area (TPSA) is 116 Å². The number of ether oxygens (including phenoxy) is 3. The van der Waals surface area contributed by atoms with E-state index in [4.69, 9.17) is 19.3 Å². The van der Waals surface area contributed by atoms with Crippen LogP contribution in [0.1, 0.15) is 37.9 Å². The molecule has 10 heteroatoms. The Labute approximate surface area is 216 Å². The van der Waals surface area contributed by atoms with Crippen molar-refractivity contribution in [1.29, 1.82) is 0 Å². The molecule has 0 spiro atoms. The Morgan fingerprint density at radius 1 is 1.16 bits per heavy atom. The second-order valence-electron chi connectivity index (χ2n) is 8.54. The lowest BCUT2D eigenvalue weighted by molar-refractivity contribution is -0.143. The fraction of sp³-hybridized carbons (Fsp3) is 0.259. The fourth-order valence-corrected chi connectivity index (χ4v) is 5.04. The number of benzene rings is 2. The van der Waals surface area contributed by atoms with Gasteiger partial charge in [-0.25, -0.2) is 14.6 Å². The Morgan fingerprint density at radius 3 is 2.54 bits per heavy atom. The van der Waals surface area contributed by atoms with E-state index in [-0.39, 0.29) is 17.4 Å². The summed E-state index contributed by atoms with van der Waals surface area (Å²) in [6.07, 6.45) is 1.37. The minimum absolute atomic E-state index is 0.275. The number of allylic oxidation sites excluding steroid dienone is 1. The summed E-state index contributed by atoms with van der Waals surface area (Å²) in [5.74, 6) is -1.01. The van der Waals surface area contributed by atoms with Crippen LogP contribution in [-0.4, -0.2) is 41.4 Å². The molecule has 9 nitrogen and oxygen atoms in total. The molecule has 1 N–H and O–H groups in total. The van der Waals surface area contributed by atoms with E-state index in [1.165, 1.54) is 23.0 Å². The summed E-state index contributed by atoms with van der Waals surface area (Å²) in [5, 5.41) is 8.87. The summed E-state index contributed by atoms with van der Waals surface area (Å²) >= 11 is 1.21. The molecular weight excluding hydrogens is 496 g/mol. The molecule has 1 aliphatic rings. The number of esters is 1. The summed E-state index contributed by atoms with van der Waals surface area (Å²) in [6.45, 7) is 4.78. The zero-order valence-corrected chi connectivity index (χ0v) is 21.6. The van der Waals surface area contributed by atoms with Crippen molar-refractivity contribution in [2.24, 2.45) is 4.99 Å². The summed E-state index contributed by atoms with van der Waals surface area (Å²) < 4.78 is 18.0. The lowest BCUT2D eigenvalue weighted by atomic mass is 9.96. The van der Waals surface area contributed by atoms with Crippen molar-refractivity contribution in [2.45, 2.75) is 32.9 Å². The van der Waals surface area contributed by atoms with Gasteiger partial charge in [-0.05, 0) is 50.1 Å². The third-order valence-corrected chi connectivity index (χ3v) is 6.52. The largest absolute Gasteiger partial charge is 0.493 e. The van der Waals surface area contributed by atoms with Gasteiger partial charge in [0.1, 0.15) is 0 Å². The van der Waals surface area contributed by atoms with Crippen LogP contribution in [0.5, 0.6) is 11.5 Å². The number of hydrogen-bond acceptors (Lipinski definition) is 8. The highest BCUT2D eigenvalue weighted by atomic mass is 32.1. The van der Waals surface area contributed by atoms with Crippen molar-refractivity contribution in [3.05, 3.63) is 90.6 Å². The first kappa shape index (κ1) is 25.9. The van der Waals surface area contributed by atoms with Gasteiger partial charge in [0.15, 0.2) is 22.9 Å². The number of thiazole rings is 1. The van der Waals surface area contributed by atoms with Crippen LogP contribution in [-0.2, 0) is 14.3 Å². The average Bonchev–Trinajstić information content (AvgIpc) is 3.16. The molecule has 2 aromatic carbocycles. The number of fused-ring (bicyclic) bond motifs is 1. The molecule has 1 unspecified atom stereocenters. The summed E-state index contributed by atoms with van der Waals surface area (Å²) in [6, 6.07) is 13.6. The second-order valence-corrected chi connectivity index (χ2v) is 9.55. The zero-order chi connectivity index (χ0) is 26.7. The highest BCUT2D eigenvalue weighted by Gasteiger charge is 2.33. The minimum Gasteiger partial charge on any atom is -0.493 e. The van der Waals surface area contributed by atoms with Crippen LogP contribution in [0, 0.1) is 0 Å². The maximum absolute atomic E-state index is 13.7. The smallest absolute Gasteiger partial charge is 0.341 e. The molecule has 192 valence electrons. The van der Waals surface area contributed by atoms with E-state index in [0.29, 0.717) is 31.9 Å². The monoisotopic (exact) mass is 522 g/mol. The second kappa shape index (κ2) is 10.8. The number of rotatable bonds is 8. The van der Waals surface area contributed by atoms with E-state index in [1.807, 2.05) is 30.3 Å². The summed E-state index contributed by atoms with van der Waals surface area (Å²) in [5.41, 5.74) is 1.93. The van der Waals surface area contributed by atoms with Crippen molar-refractivity contribution in [1.82, 2.24) is 4.57 Å². The molecule has 0 fully saturated rings. The Kier molecular flexibility index (Phi) is 7.58. The van der Waals surface area contributed by atoms with E-state index in [0.717, 1.165) is 5.56 Å². The van der Waals surface area contributed by atoms with Crippen molar-refractivity contribution in [3.63, 3.8) is 0 Å². The van der Waals surface area contributed by atoms with Gasteiger partial charge in [0.25, 0.3) is 5.56 Å². The van der Waals surface area contributed by atoms with Crippen LogP contribution in [0.3, 0.4) is 0 Å². The van der Waals surface area contributed by atoms with Crippen LogP contribution in [0.2, 0.25) is 0 Å². The predicted molar refractivity (Wildman–Crippen MR) is 138 cm³/mol. The van der Waals surface area contributed by atoms with E-state index in [9.17, 15) is 14.4 Å². The van der Waals surface area contributed by atoms with E-state index < -0.39 is 24.6 Å². The summed E-state index contributed by atoms with van der Waals surface area (Å²) in [4.78, 5) is 42.7. The fourth-order valence-electron chi connectivity index (χ4n) is 4.00. The standard InChI is InChI=1S/C27H26N2O7S/c1-15(2)36-26(33)23-16(3)28-27-29(24(23)18-8-6-5-7-9-18)25(32)21(37-27)13-17-10-11-19(20(12-17)34-4)35-14-22(30)31/h5-13,15,24H,14H2,1-4H3,(H,30,31). The number of hydrogen-bond donors (Lipinski definition) is 1. The van der Waals surface area contributed by atoms with Crippen LogP contribution < -0.4 is 24.4 Å². The molecule has 1 aromatic heterocycles. The van der Waals surface area contributed by atoms with Crippen molar-refractivity contribution < 1.29 is 28.9 Å². The molecule has 0 bridgehead atoms. The molecule has 0 saturated heterocycles. The lowest BCUT2D eigenvalue weighted by Crippen LogP contribution is -2.40. The van der Waals surface area contributed by atoms with Crippen LogP contribution >= 0.6 is 11.3 Å². The molecule has 0 saturated carbocycles. The molecule has 1 atom stereocenters. The average molecular weight is 523 g/mol. The maximum Gasteiger partial charge on any atom is 0.341 e. The van der Waals surface area contributed by atoms with Gasteiger partial charge in [-0.1, -0.05) is 47.7 Å². The van der Waals surface area contributed by atoms with Gasteiger partial charge in [0, 0.05) is 0 Å². The number of methoxy groups -OCH3 is 1. The Morgan fingerprint density at radius 2 is 1.89 bits per heavy atom. The van der Waals surface area contributed by atoms with Crippen molar-refractivity contribution >= 4 is 29.4 Å². The number of aromatic nitrogens is 1. The van der Waals surface area contributed by atoms with Gasteiger partial charge in [-0.3, -0.25) is 9.36 Å². The molecule has 4 rings (SSSR count). The molecule has 0 radical (unpaired) electrons. The molecule has 0 amide bonds. The van der Waals surface area contributed by atoms with Crippen LogP contribution in [0.15, 0.2) is 69.6 Å². The third-order valence-electron chi connectivity index (χ3n) is 5.54. The highest BCUT2D eigenvalue weighted by molar-refractivity contribution is 7.07. The lowest BCUT2D eigenvalue weighted by Gasteiger charge is -2.25. The van der Waals surface area contributed by atoms with E-state index >= 15 is 0 Å². The van der Waals surface area contributed by atoms with Gasteiger partial charge in [-0.15, -0.1) is 0 Å². The van der Waals surface area contributed by atoms with Gasteiger partial charge in [0.05, 0.1) is 35.1 Å². The van der Waals surface area contributed by atoms with E-state index in [1.54, 1.807) is 45.0 Å². The Balaban J connectivity index is 1.84. The van der Waals surface area contributed by atoms with Crippen LogP contribution in [0.4, 0.5) is 0 Å². The first-order chi connectivity index (χ1) is 17.7. The van der Waals surface area contributed by atoms with Crippen molar-refractivity contribution in [3.8, 4) is 11.5 Å². The Bertz CT molecular complexity index is 1550. The highest BCUT2D eigenvalue weighted by Crippen LogP contribution is 2.31. The first-order valence-corrected chi connectivity index (χ1v) is 12.3. The number of carbonyl (C=O) groups excluding carboxylic acids is 1. The third kappa shape index (κ3) is 5.49. The SMILES string of the molecule is COc1cc(C=c2sc3n(c2=O)C(c2ccccc2)C(C(=O)OC(C)C)=C(C)N=3)ccc1OCC(=O)O. The molecule has 37 heavy (non-hydrogen) atoms. The van der Waals surface area contributed by atoms with Gasteiger partial charge in [0.2, 0.25) is 0 Å². The van der Waals surface area contributed by atoms with Crippen LogP contribution in [0.25, 0.3) is 6.08 Å². The quantitative estimate of drug-likeness (QED) is 0.452. The normalized spacial score (nSPS) is 15.3. The van der Waals surface area contributed by atoms with Gasteiger partial charge >= 0.3 is 11.9 Å². The molecule has 3 aromatic rings. The summed E-state index contributed by atoms with van der Waals surface area (Å²) in [7, 11) is 1.45. The molecule has 0 aliphatic carbocycles. The van der Waals surface area contributed by atoms with Gasteiger partial charge in [-0.2, -0.15) is 0 Å². The molecule has 2 heterocycles. The molecule has 1 aliphatic heterocycles. The molecular formula is C27H26N2O7S. The van der Waals surface area contributed by atoms with Crippen molar-refractivity contribution in [2.75, 3.05) is 13.7 Å². The first-order valence-electron chi connectivity index (χ1n) is 11.5. The number of carbonyl (C=O) groups is 2. The Hall–Kier alpha value is -4.18. The number of carboxylic acid groups (broad SMARTS) is 1. The minimum atomic E-state index is -1.10. The van der Waals surface area contributed by atoms with E-state index in [2.05, 4.69) is 4.99 Å². The number of carboxylic acids is 1. The van der Waals surface area contributed by atoms with Gasteiger partial charge < -0.3 is 19.3 Å². The number of nitrogens with zero attached hydrogens (tertiary/aromatic N) is 2. The zero-order valence-electron chi connectivity index (χ0n) is 20.8. The number of aliphatic carboxylic acids is 1. The maximum atomic E-state index is 13.7.